The zero-order valence-electron chi connectivity index (χ0n) is 27.4. The number of hydrogen-bond donors (Lipinski definition) is 6. The quantitative estimate of drug-likeness (QED) is 0.164. The third kappa shape index (κ3) is 18.2. The van der Waals surface area contributed by atoms with Gasteiger partial charge in [-0.15, -0.1) is 0 Å². The monoisotopic (exact) mass is 620 g/mol. The Bertz CT molecular complexity index is 1030. The van der Waals surface area contributed by atoms with Gasteiger partial charge >= 0.3 is 0 Å². The lowest BCUT2D eigenvalue weighted by Crippen LogP contribution is -2.42. The minimum atomic E-state index is -0.633. The van der Waals surface area contributed by atoms with Crippen LogP contribution in [0.15, 0.2) is 48.5 Å². The number of para-hydroxylation sites is 4. The van der Waals surface area contributed by atoms with E-state index >= 15 is 0 Å². The van der Waals surface area contributed by atoms with Crippen LogP contribution >= 0.6 is 0 Å². The second-order valence-electron chi connectivity index (χ2n) is 12.0. The zero-order valence-corrected chi connectivity index (χ0v) is 27.4. The molecule has 2 amide bonds. The van der Waals surface area contributed by atoms with Gasteiger partial charge in [0.1, 0.15) is 25.4 Å². The van der Waals surface area contributed by atoms with Crippen LogP contribution in [0.2, 0.25) is 0 Å². The summed E-state index contributed by atoms with van der Waals surface area (Å²) in [5.41, 5.74) is -0.120. The van der Waals surface area contributed by atoms with Crippen LogP contribution in [0.25, 0.3) is 0 Å². The Morgan fingerprint density at radius 1 is 0.614 bits per heavy atom. The number of nitrogens with one attached hydrogen (secondary N) is 4. The number of likely N-dealkylation sites (N-methyl/N-ethyl adjacent to an activating group) is 2. The van der Waals surface area contributed by atoms with E-state index in [1.165, 1.54) is 0 Å². The van der Waals surface area contributed by atoms with Crippen molar-refractivity contribution in [2.75, 3.05) is 53.6 Å². The van der Waals surface area contributed by atoms with Gasteiger partial charge in [-0.3, -0.25) is 9.59 Å². The summed E-state index contributed by atoms with van der Waals surface area (Å²) in [6.07, 6.45) is -1.27. The van der Waals surface area contributed by atoms with E-state index < -0.39 is 12.2 Å². The molecule has 0 radical (unpaired) electrons. The first-order valence-corrected chi connectivity index (χ1v) is 14.6. The number of hydrogen-bond acceptors (Lipinski definition) is 10. The molecule has 248 valence electrons. The van der Waals surface area contributed by atoms with Gasteiger partial charge in [0.05, 0.1) is 0 Å². The van der Waals surface area contributed by atoms with Gasteiger partial charge in [-0.05, 0) is 65.8 Å². The van der Waals surface area contributed by atoms with E-state index in [1.54, 1.807) is 50.5 Å². The number of rotatable bonds is 16. The molecule has 12 nitrogen and oxygen atoms in total. The van der Waals surface area contributed by atoms with Crippen LogP contribution < -0.4 is 40.2 Å². The molecule has 0 aliphatic rings. The standard InChI is InChI=1S/2C16H26N2O4/c2*1-16(2,3)18-9-12(19)10-21-13-7-5-6-8-14(13)22-11-15(20)17-4/h2*5-8,12,18-19H,9-11H2,1-4H3,(H,17,20). The van der Waals surface area contributed by atoms with E-state index in [9.17, 15) is 19.8 Å². The minimum absolute atomic E-state index is 0.0600. The molecule has 0 saturated heterocycles. The summed E-state index contributed by atoms with van der Waals surface area (Å²) in [5, 5.41) is 31.2. The molecule has 0 fully saturated rings. The molecule has 0 aliphatic heterocycles. The predicted molar refractivity (Wildman–Crippen MR) is 171 cm³/mol. The maximum absolute atomic E-state index is 11.2. The Hall–Kier alpha value is -3.58. The molecule has 2 rings (SSSR count). The first-order chi connectivity index (χ1) is 20.6. The van der Waals surface area contributed by atoms with Gasteiger partial charge in [0.15, 0.2) is 36.2 Å². The molecule has 0 saturated carbocycles. The molecular formula is C32H52N4O8. The van der Waals surface area contributed by atoms with Crippen LogP contribution in [-0.4, -0.2) is 98.9 Å². The molecule has 6 N–H and O–H groups in total. The predicted octanol–water partition coefficient (Wildman–Crippen LogP) is 1.88. The van der Waals surface area contributed by atoms with Crippen molar-refractivity contribution in [2.24, 2.45) is 0 Å². The summed E-state index contributed by atoms with van der Waals surface area (Å²) < 4.78 is 22.0. The highest BCUT2D eigenvalue weighted by Crippen LogP contribution is 2.27. The summed E-state index contributed by atoms with van der Waals surface area (Å²) in [6.45, 7) is 13.2. The van der Waals surface area contributed by atoms with Crippen LogP contribution in [-0.2, 0) is 9.59 Å². The number of aliphatic hydroxyl groups is 2. The van der Waals surface area contributed by atoms with Crippen molar-refractivity contribution < 1.29 is 38.7 Å². The van der Waals surface area contributed by atoms with Crippen molar-refractivity contribution in [3.05, 3.63) is 48.5 Å². The van der Waals surface area contributed by atoms with Crippen molar-refractivity contribution in [1.29, 1.82) is 0 Å². The topological polar surface area (TPSA) is 160 Å². The summed E-state index contributed by atoms with van der Waals surface area (Å²) in [7, 11) is 3.10. The number of β-amino-alcohol motifs (C(OH)–C–C–N with tert-alkyl or cyclic N) is 2. The number of carbonyl (C=O) groups excluding carboxylic acids is 2. The molecule has 0 aromatic heterocycles. The van der Waals surface area contributed by atoms with Crippen LogP contribution in [0.5, 0.6) is 23.0 Å². The van der Waals surface area contributed by atoms with Gasteiger partial charge in [-0.25, -0.2) is 0 Å². The van der Waals surface area contributed by atoms with E-state index in [4.69, 9.17) is 18.9 Å². The summed E-state index contributed by atoms with van der Waals surface area (Å²) in [4.78, 5) is 22.4. The fourth-order valence-corrected chi connectivity index (χ4v) is 3.15. The Balaban J connectivity index is 0.000000440. The lowest BCUT2D eigenvalue weighted by molar-refractivity contribution is -0.123. The summed E-state index contributed by atoms with van der Waals surface area (Å²) in [6, 6.07) is 14.1. The van der Waals surface area contributed by atoms with Crippen LogP contribution in [0, 0.1) is 0 Å². The zero-order chi connectivity index (χ0) is 33.2. The average molecular weight is 621 g/mol. The molecule has 0 heterocycles. The molecule has 2 unspecified atom stereocenters. The number of benzene rings is 2. The smallest absolute Gasteiger partial charge is 0.257 e. The third-order valence-electron chi connectivity index (χ3n) is 5.57. The van der Waals surface area contributed by atoms with Crippen molar-refractivity contribution in [2.45, 2.75) is 64.8 Å². The first kappa shape index (κ1) is 38.4. The molecule has 12 heteroatoms. The highest BCUT2D eigenvalue weighted by molar-refractivity contribution is 5.77. The molecule has 44 heavy (non-hydrogen) atoms. The molecule has 0 spiro atoms. The van der Waals surface area contributed by atoms with E-state index in [0.717, 1.165) is 0 Å². The molecule has 0 aliphatic carbocycles. The maximum atomic E-state index is 11.2. The highest BCUT2D eigenvalue weighted by Gasteiger charge is 2.15. The van der Waals surface area contributed by atoms with E-state index in [1.807, 2.05) is 53.7 Å². The molecule has 2 atom stereocenters. The Labute approximate surface area is 261 Å². The first-order valence-electron chi connectivity index (χ1n) is 14.6. The second-order valence-corrected chi connectivity index (χ2v) is 12.0. The molecule has 0 bridgehead atoms. The maximum Gasteiger partial charge on any atom is 0.257 e. The summed E-state index contributed by atoms with van der Waals surface area (Å²) in [5.74, 6) is 1.51. The van der Waals surface area contributed by atoms with E-state index in [0.29, 0.717) is 36.1 Å². The van der Waals surface area contributed by atoms with Crippen molar-refractivity contribution in [3.63, 3.8) is 0 Å². The number of aliphatic hydroxyl groups excluding tert-OH is 2. The Morgan fingerprint density at radius 3 is 1.18 bits per heavy atom. The van der Waals surface area contributed by atoms with Crippen LogP contribution in [0.1, 0.15) is 41.5 Å². The van der Waals surface area contributed by atoms with Crippen molar-refractivity contribution >= 4 is 11.8 Å². The number of amides is 2. The van der Waals surface area contributed by atoms with Crippen LogP contribution in [0.4, 0.5) is 0 Å². The van der Waals surface area contributed by atoms with E-state index in [-0.39, 0.29) is 49.3 Å². The van der Waals surface area contributed by atoms with E-state index in [2.05, 4.69) is 21.3 Å². The van der Waals surface area contributed by atoms with Crippen molar-refractivity contribution in [1.82, 2.24) is 21.3 Å². The lowest BCUT2D eigenvalue weighted by atomic mass is 10.1. The Kier molecular flexibility index (Phi) is 17.2. The Morgan fingerprint density at radius 2 is 0.909 bits per heavy atom. The molecule has 2 aromatic rings. The SMILES string of the molecule is CNC(=O)COc1ccccc1OCC(O)CNC(C)(C)C.CNC(=O)COc1ccccc1OCC(O)CNC(C)(C)C. The van der Waals surface area contributed by atoms with Gasteiger partial charge < -0.3 is 50.4 Å². The van der Waals surface area contributed by atoms with Gasteiger partial charge in [0.25, 0.3) is 11.8 Å². The second kappa shape index (κ2) is 19.6. The largest absolute Gasteiger partial charge is 0.487 e. The lowest BCUT2D eigenvalue weighted by Gasteiger charge is -2.23. The third-order valence-corrected chi connectivity index (χ3v) is 5.57. The van der Waals surface area contributed by atoms with Gasteiger partial charge in [0.2, 0.25) is 0 Å². The molecule has 2 aromatic carbocycles. The fourth-order valence-electron chi connectivity index (χ4n) is 3.15. The number of carbonyl (C=O) groups is 2. The van der Waals surface area contributed by atoms with Gasteiger partial charge in [-0.2, -0.15) is 0 Å². The van der Waals surface area contributed by atoms with Gasteiger partial charge in [0, 0.05) is 38.3 Å². The number of ether oxygens (including phenoxy) is 4. The van der Waals surface area contributed by atoms with Crippen molar-refractivity contribution in [3.8, 4) is 23.0 Å². The van der Waals surface area contributed by atoms with Crippen LogP contribution in [0.3, 0.4) is 0 Å². The summed E-state index contributed by atoms with van der Waals surface area (Å²) >= 11 is 0. The van der Waals surface area contributed by atoms with Gasteiger partial charge in [-0.1, -0.05) is 24.3 Å². The molecular weight excluding hydrogens is 568 g/mol. The normalized spacial score (nSPS) is 12.6. The fraction of sp³-hybridized carbons (Fsp3) is 0.562. The highest BCUT2D eigenvalue weighted by atomic mass is 16.5. The minimum Gasteiger partial charge on any atom is -0.487 e. The average Bonchev–Trinajstić information content (AvgIpc) is 2.98.